The highest BCUT2D eigenvalue weighted by molar-refractivity contribution is 5.54. The van der Waals surface area contributed by atoms with Crippen molar-refractivity contribution in [2.45, 2.75) is 32.4 Å². The second-order valence-electron chi connectivity index (χ2n) is 3.27. The minimum atomic E-state index is -1.05. The van der Waals surface area contributed by atoms with Crippen molar-refractivity contribution in [1.29, 1.82) is 0 Å². The van der Waals surface area contributed by atoms with Gasteiger partial charge in [-0.2, -0.15) is 0 Å². The van der Waals surface area contributed by atoms with E-state index in [4.69, 9.17) is 0 Å². The number of hydrogen-bond donors (Lipinski definition) is 1. The highest BCUT2D eigenvalue weighted by Crippen LogP contribution is 2.45. The van der Waals surface area contributed by atoms with Gasteiger partial charge >= 0.3 is 0 Å². The fourth-order valence-corrected chi connectivity index (χ4v) is 1.02. The van der Waals surface area contributed by atoms with E-state index < -0.39 is 5.67 Å². The van der Waals surface area contributed by atoms with Gasteiger partial charge in [-0.25, -0.2) is 9.38 Å². The summed E-state index contributed by atoms with van der Waals surface area (Å²) in [7, 11) is 0. The summed E-state index contributed by atoms with van der Waals surface area (Å²) in [5.41, 5.74) is -0.330. The first-order valence-corrected chi connectivity index (χ1v) is 4.39. The van der Waals surface area contributed by atoms with Gasteiger partial charge in [-0.15, -0.1) is 0 Å². The molecule has 0 aromatic heterocycles. The Morgan fingerprint density at radius 2 is 2.23 bits per heavy atom. The molecule has 1 saturated carbocycles. The smallest absolute Gasteiger partial charge is 0.133 e. The topological polar surface area (TPSA) is 24.4 Å². The van der Waals surface area contributed by atoms with E-state index in [-0.39, 0.29) is 0 Å². The lowest BCUT2D eigenvalue weighted by molar-refractivity contribution is 0.359. The first kappa shape index (κ1) is 9.96. The minimum absolute atomic E-state index is 0.533. The van der Waals surface area contributed by atoms with E-state index in [1.165, 1.54) is 0 Å². The molecule has 0 radical (unpaired) electrons. The lowest BCUT2D eigenvalue weighted by Gasteiger charge is -2.05. The van der Waals surface area contributed by atoms with E-state index in [9.17, 15) is 4.39 Å². The SMILES string of the molecule is C=C(N=CC)N/C=C(/C)C1(F)CC1. The molecule has 0 aliphatic heterocycles. The fraction of sp³-hybridized carbons (Fsp3) is 0.500. The standard InChI is InChI=1S/C10H15FN2/c1-4-12-9(3)13-7-8(2)10(11)5-6-10/h4,7,13H,3,5-6H2,1-2H3/b8-7-,12-4?. The number of nitrogens with zero attached hydrogens (tertiary/aromatic N) is 1. The number of nitrogens with one attached hydrogen (secondary N) is 1. The number of hydrogen-bond acceptors (Lipinski definition) is 2. The Morgan fingerprint density at radius 1 is 1.62 bits per heavy atom. The van der Waals surface area contributed by atoms with Gasteiger partial charge in [0.1, 0.15) is 11.5 Å². The summed E-state index contributed by atoms with van der Waals surface area (Å²) in [4.78, 5) is 3.90. The molecule has 72 valence electrons. The summed E-state index contributed by atoms with van der Waals surface area (Å²) in [6, 6.07) is 0. The van der Waals surface area contributed by atoms with Gasteiger partial charge in [0.15, 0.2) is 0 Å². The minimum Gasteiger partial charge on any atom is -0.347 e. The molecule has 1 rings (SSSR count). The zero-order chi connectivity index (χ0) is 9.90. The molecule has 0 bridgehead atoms. The molecule has 1 aliphatic carbocycles. The van der Waals surface area contributed by atoms with Gasteiger partial charge in [0.2, 0.25) is 0 Å². The third-order valence-corrected chi connectivity index (χ3v) is 2.14. The second kappa shape index (κ2) is 3.73. The highest BCUT2D eigenvalue weighted by Gasteiger charge is 2.44. The summed E-state index contributed by atoms with van der Waals surface area (Å²) in [5.74, 6) is 0.533. The van der Waals surface area contributed by atoms with E-state index in [1.807, 2.05) is 0 Å². The van der Waals surface area contributed by atoms with Crippen molar-refractivity contribution in [3.05, 3.63) is 24.2 Å². The zero-order valence-corrected chi connectivity index (χ0v) is 8.10. The van der Waals surface area contributed by atoms with Crippen LogP contribution in [0.15, 0.2) is 29.2 Å². The summed E-state index contributed by atoms with van der Waals surface area (Å²) >= 11 is 0. The van der Waals surface area contributed by atoms with Crippen LogP contribution in [-0.4, -0.2) is 11.9 Å². The van der Waals surface area contributed by atoms with Crippen LogP contribution in [0.25, 0.3) is 0 Å². The van der Waals surface area contributed by atoms with Crippen LogP contribution >= 0.6 is 0 Å². The van der Waals surface area contributed by atoms with Crippen LogP contribution in [0.2, 0.25) is 0 Å². The average Bonchev–Trinajstić information content (AvgIpc) is 2.81. The molecule has 0 heterocycles. The van der Waals surface area contributed by atoms with Crippen molar-refractivity contribution < 1.29 is 4.39 Å². The molecule has 13 heavy (non-hydrogen) atoms. The third-order valence-electron chi connectivity index (χ3n) is 2.14. The third kappa shape index (κ3) is 2.68. The van der Waals surface area contributed by atoms with E-state index >= 15 is 0 Å². The van der Waals surface area contributed by atoms with Gasteiger partial charge in [0.25, 0.3) is 0 Å². The molecule has 0 unspecified atom stereocenters. The quantitative estimate of drug-likeness (QED) is 0.664. The Labute approximate surface area is 78.2 Å². The summed E-state index contributed by atoms with van der Waals surface area (Å²) in [6.45, 7) is 7.23. The summed E-state index contributed by atoms with van der Waals surface area (Å²) in [6.07, 6.45) is 4.56. The van der Waals surface area contributed by atoms with Crippen LogP contribution in [0.3, 0.4) is 0 Å². The Bertz CT molecular complexity index is 262. The van der Waals surface area contributed by atoms with Crippen molar-refractivity contribution in [1.82, 2.24) is 5.32 Å². The highest BCUT2D eigenvalue weighted by atomic mass is 19.1. The van der Waals surface area contributed by atoms with Crippen molar-refractivity contribution in [2.24, 2.45) is 4.99 Å². The van der Waals surface area contributed by atoms with E-state index in [2.05, 4.69) is 16.9 Å². The average molecular weight is 182 g/mol. The normalized spacial score (nSPS) is 20.4. The Morgan fingerprint density at radius 3 is 2.69 bits per heavy atom. The molecule has 0 spiro atoms. The van der Waals surface area contributed by atoms with Crippen LogP contribution in [0, 0.1) is 0 Å². The van der Waals surface area contributed by atoms with Crippen LogP contribution < -0.4 is 5.32 Å². The number of rotatable bonds is 4. The molecule has 0 aromatic carbocycles. The second-order valence-corrected chi connectivity index (χ2v) is 3.27. The Balaban J connectivity index is 2.43. The van der Waals surface area contributed by atoms with Gasteiger partial charge in [-0.1, -0.05) is 6.58 Å². The predicted octanol–water partition coefficient (Wildman–Crippen LogP) is 2.54. The first-order chi connectivity index (χ1) is 6.08. The van der Waals surface area contributed by atoms with Crippen LogP contribution in [0.5, 0.6) is 0 Å². The maximum absolute atomic E-state index is 13.4. The van der Waals surface area contributed by atoms with Gasteiger partial charge in [-0.3, -0.25) is 0 Å². The molecule has 0 atom stereocenters. The van der Waals surface area contributed by atoms with E-state index in [1.54, 1.807) is 26.3 Å². The molecule has 0 amide bonds. The van der Waals surface area contributed by atoms with E-state index in [0.29, 0.717) is 18.7 Å². The molecule has 1 N–H and O–H groups in total. The first-order valence-electron chi connectivity index (χ1n) is 4.39. The molecular formula is C10H15FN2. The van der Waals surface area contributed by atoms with Crippen molar-refractivity contribution in [2.75, 3.05) is 0 Å². The van der Waals surface area contributed by atoms with Crippen molar-refractivity contribution in [3.63, 3.8) is 0 Å². The number of halogens is 1. The van der Waals surface area contributed by atoms with Gasteiger partial charge in [0, 0.05) is 12.4 Å². The summed E-state index contributed by atoms with van der Waals surface area (Å²) in [5, 5.41) is 2.84. The maximum Gasteiger partial charge on any atom is 0.133 e. The molecule has 1 fully saturated rings. The lowest BCUT2D eigenvalue weighted by Crippen LogP contribution is -2.08. The number of aliphatic imine (C=N–C) groups is 1. The molecule has 3 heteroatoms. The summed E-state index contributed by atoms with van der Waals surface area (Å²) < 4.78 is 13.4. The van der Waals surface area contributed by atoms with Gasteiger partial charge in [-0.05, 0) is 32.3 Å². The predicted molar refractivity (Wildman–Crippen MR) is 53.3 cm³/mol. The lowest BCUT2D eigenvalue weighted by atomic mass is 10.2. The largest absolute Gasteiger partial charge is 0.347 e. The molecule has 1 aliphatic rings. The number of alkyl halides is 1. The van der Waals surface area contributed by atoms with Crippen LogP contribution in [0.4, 0.5) is 4.39 Å². The molecule has 2 nitrogen and oxygen atoms in total. The van der Waals surface area contributed by atoms with Crippen LogP contribution in [-0.2, 0) is 0 Å². The van der Waals surface area contributed by atoms with Gasteiger partial charge < -0.3 is 5.32 Å². The molecule has 0 saturated heterocycles. The van der Waals surface area contributed by atoms with Crippen molar-refractivity contribution in [3.8, 4) is 0 Å². The monoisotopic (exact) mass is 182 g/mol. The maximum atomic E-state index is 13.4. The fourth-order valence-electron chi connectivity index (χ4n) is 1.02. The Hall–Kier alpha value is -1.12. The van der Waals surface area contributed by atoms with Crippen molar-refractivity contribution >= 4 is 6.21 Å². The molecule has 0 aromatic rings. The van der Waals surface area contributed by atoms with Gasteiger partial charge in [0.05, 0.1) is 0 Å². The zero-order valence-electron chi connectivity index (χ0n) is 8.10. The number of allylic oxidation sites excluding steroid dienone is 1. The Kier molecular flexibility index (Phi) is 2.86. The van der Waals surface area contributed by atoms with E-state index in [0.717, 1.165) is 5.57 Å². The molecular weight excluding hydrogens is 167 g/mol. The van der Waals surface area contributed by atoms with Crippen LogP contribution in [0.1, 0.15) is 26.7 Å².